The number of rotatable bonds is 3. The molecule has 0 aliphatic carbocycles. The Hall–Kier alpha value is -0.610. The average Bonchev–Trinajstić information content (AvgIpc) is 2.51. The van der Waals surface area contributed by atoms with Crippen molar-refractivity contribution >= 4 is 5.91 Å². The maximum absolute atomic E-state index is 11.4. The molecule has 0 spiro atoms. The molecule has 0 aromatic heterocycles. The third-order valence-corrected chi connectivity index (χ3v) is 4.61. The standard InChI is InChI=1S/C14H26N2O2.C2H6/c1-15-6-2-12(3-7-15)10-13-4-8-16(9-5-13)14(18)11-17;1-2/h12-13,17H,2-11H2,1H3;1-2H3. The van der Waals surface area contributed by atoms with E-state index >= 15 is 0 Å². The van der Waals surface area contributed by atoms with Gasteiger partial charge in [-0.3, -0.25) is 4.79 Å². The first-order valence-electron chi connectivity index (χ1n) is 8.26. The van der Waals surface area contributed by atoms with Gasteiger partial charge in [-0.25, -0.2) is 0 Å². The van der Waals surface area contributed by atoms with Gasteiger partial charge in [0.25, 0.3) is 0 Å². The Labute approximate surface area is 124 Å². The number of nitrogens with zero attached hydrogens (tertiary/aromatic N) is 2. The molecule has 0 aromatic rings. The Kier molecular flexibility index (Phi) is 8.15. The number of aliphatic hydroxyl groups is 1. The summed E-state index contributed by atoms with van der Waals surface area (Å²) in [6.45, 7) is 7.84. The number of aliphatic hydroxyl groups excluding tert-OH is 1. The molecule has 2 fully saturated rings. The van der Waals surface area contributed by atoms with Gasteiger partial charge in [0, 0.05) is 13.1 Å². The minimum atomic E-state index is -0.334. The van der Waals surface area contributed by atoms with Crippen LogP contribution in [0.1, 0.15) is 46.0 Å². The van der Waals surface area contributed by atoms with Crippen LogP contribution < -0.4 is 0 Å². The van der Waals surface area contributed by atoms with Gasteiger partial charge >= 0.3 is 0 Å². The number of likely N-dealkylation sites (tertiary alicyclic amines) is 2. The summed E-state index contributed by atoms with van der Waals surface area (Å²) >= 11 is 0. The molecule has 2 heterocycles. The second kappa shape index (κ2) is 9.35. The molecule has 0 saturated carbocycles. The number of hydrogen-bond donors (Lipinski definition) is 1. The summed E-state index contributed by atoms with van der Waals surface area (Å²) in [6, 6.07) is 0. The van der Waals surface area contributed by atoms with Crippen molar-refractivity contribution in [1.29, 1.82) is 0 Å². The molecule has 4 nitrogen and oxygen atoms in total. The highest BCUT2D eigenvalue weighted by molar-refractivity contribution is 5.77. The fraction of sp³-hybridized carbons (Fsp3) is 0.938. The molecule has 118 valence electrons. The molecule has 0 radical (unpaired) electrons. The van der Waals surface area contributed by atoms with Crippen molar-refractivity contribution in [2.45, 2.75) is 46.0 Å². The average molecular weight is 284 g/mol. The van der Waals surface area contributed by atoms with Gasteiger partial charge in [-0.2, -0.15) is 0 Å². The van der Waals surface area contributed by atoms with Gasteiger partial charge in [0.2, 0.25) is 5.91 Å². The Morgan fingerprint density at radius 3 is 1.90 bits per heavy atom. The predicted molar refractivity (Wildman–Crippen MR) is 82.6 cm³/mol. The highest BCUT2D eigenvalue weighted by Crippen LogP contribution is 2.29. The second-order valence-corrected chi connectivity index (χ2v) is 5.96. The first kappa shape index (κ1) is 17.4. The highest BCUT2D eigenvalue weighted by atomic mass is 16.3. The van der Waals surface area contributed by atoms with Crippen LogP contribution in [0, 0.1) is 11.8 Å². The highest BCUT2D eigenvalue weighted by Gasteiger charge is 2.25. The molecule has 2 saturated heterocycles. The molecule has 0 atom stereocenters. The van der Waals surface area contributed by atoms with E-state index in [4.69, 9.17) is 5.11 Å². The molecule has 1 N–H and O–H groups in total. The van der Waals surface area contributed by atoms with E-state index in [0.717, 1.165) is 37.8 Å². The lowest BCUT2D eigenvalue weighted by molar-refractivity contribution is -0.135. The Morgan fingerprint density at radius 2 is 1.45 bits per heavy atom. The Morgan fingerprint density at radius 1 is 1.00 bits per heavy atom. The maximum Gasteiger partial charge on any atom is 0.248 e. The topological polar surface area (TPSA) is 43.8 Å². The van der Waals surface area contributed by atoms with Gasteiger partial charge in [0.15, 0.2) is 0 Å². The molecular formula is C16H32N2O2. The van der Waals surface area contributed by atoms with Crippen LogP contribution in [0.3, 0.4) is 0 Å². The van der Waals surface area contributed by atoms with Crippen LogP contribution in [-0.4, -0.2) is 60.6 Å². The van der Waals surface area contributed by atoms with E-state index in [-0.39, 0.29) is 12.5 Å². The summed E-state index contributed by atoms with van der Waals surface area (Å²) in [5, 5.41) is 8.84. The molecule has 1 amide bonds. The molecule has 2 rings (SSSR count). The van der Waals surface area contributed by atoms with Crippen LogP contribution in [-0.2, 0) is 4.79 Å². The quantitative estimate of drug-likeness (QED) is 0.862. The van der Waals surface area contributed by atoms with Crippen LogP contribution >= 0.6 is 0 Å². The van der Waals surface area contributed by atoms with Crippen LogP contribution in [0.5, 0.6) is 0 Å². The van der Waals surface area contributed by atoms with Crippen molar-refractivity contribution in [3.8, 4) is 0 Å². The molecule has 2 aliphatic heterocycles. The van der Waals surface area contributed by atoms with E-state index in [1.165, 1.54) is 32.4 Å². The largest absolute Gasteiger partial charge is 0.387 e. The SMILES string of the molecule is CC.CN1CCC(CC2CCN(C(=O)CO)CC2)CC1. The monoisotopic (exact) mass is 284 g/mol. The predicted octanol–water partition coefficient (Wildman–Crippen LogP) is 1.98. The summed E-state index contributed by atoms with van der Waals surface area (Å²) in [5.41, 5.74) is 0. The van der Waals surface area contributed by atoms with E-state index < -0.39 is 0 Å². The smallest absolute Gasteiger partial charge is 0.248 e. The maximum atomic E-state index is 11.4. The zero-order chi connectivity index (χ0) is 15.0. The molecular weight excluding hydrogens is 252 g/mol. The van der Waals surface area contributed by atoms with E-state index in [1.54, 1.807) is 0 Å². The van der Waals surface area contributed by atoms with Gasteiger partial charge in [0.05, 0.1) is 0 Å². The molecule has 20 heavy (non-hydrogen) atoms. The first-order valence-corrected chi connectivity index (χ1v) is 8.26. The zero-order valence-corrected chi connectivity index (χ0v) is 13.5. The number of carbonyl (C=O) groups is 1. The summed E-state index contributed by atoms with van der Waals surface area (Å²) in [5.74, 6) is 1.58. The molecule has 0 unspecified atom stereocenters. The molecule has 0 aromatic carbocycles. The number of carbonyl (C=O) groups excluding carboxylic acids is 1. The van der Waals surface area contributed by atoms with Crippen molar-refractivity contribution in [3.63, 3.8) is 0 Å². The number of piperidine rings is 2. The first-order chi connectivity index (χ1) is 9.69. The molecule has 4 heteroatoms. The molecule has 0 bridgehead atoms. The van der Waals surface area contributed by atoms with Crippen LogP contribution in [0.25, 0.3) is 0 Å². The van der Waals surface area contributed by atoms with E-state index in [2.05, 4.69) is 11.9 Å². The fourth-order valence-corrected chi connectivity index (χ4v) is 3.29. The summed E-state index contributed by atoms with van der Waals surface area (Å²) < 4.78 is 0. The van der Waals surface area contributed by atoms with Crippen molar-refractivity contribution in [1.82, 2.24) is 9.80 Å². The van der Waals surface area contributed by atoms with Crippen molar-refractivity contribution in [2.75, 3.05) is 39.8 Å². The lowest BCUT2D eigenvalue weighted by atomic mass is 9.83. The third kappa shape index (κ3) is 5.41. The minimum Gasteiger partial charge on any atom is -0.387 e. The van der Waals surface area contributed by atoms with E-state index in [9.17, 15) is 4.79 Å². The van der Waals surface area contributed by atoms with Gasteiger partial charge in [-0.05, 0) is 64.1 Å². The lowest BCUT2D eigenvalue weighted by Gasteiger charge is -2.35. The van der Waals surface area contributed by atoms with Crippen molar-refractivity contribution in [2.24, 2.45) is 11.8 Å². The minimum absolute atomic E-state index is 0.104. The zero-order valence-electron chi connectivity index (χ0n) is 13.5. The molecule has 2 aliphatic rings. The normalized spacial score (nSPS) is 22.3. The van der Waals surface area contributed by atoms with Gasteiger partial charge in [-0.15, -0.1) is 0 Å². The number of hydrogen-bond acceptors (Lipinski definition) is 3. The van der Waals surface area contributed by atoms with Gasteiger partial charge < -0.3 is 14.9 Å². The second-order valence-electron chi connectivity index (χ2n) is 5.96. The van der Waals surface area contributed by atoms with Crippen molar-refractivity contribution in [3.05, 3.63) is 0 Å². The fourth-order valence-electron chi connectivity index (χ4n) is 3.29. The van der Waals surface area contributed by atoms with Crippen molar-refractivity contribution < 1.29 is 9.90 Å². The van der Waals surface area contributed by atoms with Crippen LogP contribution in [0.2, 0.25) is 0 Å². The Bertz CT molecular complexity index is 268. The van der Waals surface area contributed by atoms with E-state index in [1.807, 2.05) is 18.7 Å². The van der Waals surface area contributed by atoms with Gasteiger partial charge in [0.1, 0.15) is 6.61 Å². The van der Waals surface area contributed by atoms with Gasteiger partial charge in [-0.1, -0.05) is 13.8 Å². The number of amides is 1. The van der Waals surface area contributed by atoms with Crippen LogP contribution in [0.4, 0.5) is 0 Å². The van der Waals surface area contributed by atoms with Crippen LogP contribution in [0.15, 0.2) is 0 Å². The Balaban J connectivity index is 0.000000956. The third-order valence-electron chi connectivity index (χ3n) is 4.61. The van der Waals surface area contributed by atoms with E-state index in [0.29, 0.717) is 0 Å². The summed E-state index contributed by atoms with van der Waals surface area (Å²) in [6.07, 6.45) is 6.27. The lowest BCUT2D eigenvalue weighted by Crippen LogP contribution is -2.40. The summed E-state index contributed by atoms with van der Waals surface area (Å²) in [7, 11) is 2.20. The summed E-state index contributed by atoms with van der Waals surface area (Å²) in [4.78, 5) is 15.6.